The van der Waals surface area contributed by atoms with Gasteiger partial charge in [0.1, 0.15) is 0 Å². The molecule has 0 atom stereocenters. The number of carbonyl (C=O) groups is 1. The Morgan fingerprint density at radius 3 is 2.35 bits per heavy atom. The van der Waals surface area contributed by atoms with Gasteiger partial charge in [0.15, 0.2) is 9.84 Å². The molecule has 0 unspecified atom stereocenters. The first kappa shape index (κ1) is 12.9. The summed E-state index contributed by atoms with van der Waals surface area (Å²) >= 11 is 0. The number of esters is 1. The van der Waals surface area contributed by atoms with E-state index in [2.05, 4.69) is 4.74 Å². The van der Waals surface area contributed by atoms with E-state index in [0.717, 1.165) is 38.5 Å². The fraction of sp³-hybridized carbons (Fsp3) is 0.917. The SMILES string of the molecule is COC(=O)CC1(CS(=O)(=O)C2CCCC2)CC1. The van der Waals surface area contributed by atoms with E-state index in [1.54, 1.807) is 0 Å². The maximum atomic E-state index is 12.2. The van der Waals surface area contributed by atoms with Gasteiger partial charge in [-0.15, -0.1) is 0 Å². The Hall–Kier alpha value is -0.580. The molecule has 2 saturated carbocycles. The van der Waals surface area contributed by atoms with Crippen LogP contribution in [0.2, 0.25) is 0 Å². The molecule has 2 rings (SSSR count). The lowest BCUT2D eigenvalue weighted by Gasteiger charge is -2.17. The van der Waals surface area contributed by atoms with E-state index in [4.69, 9.17) is 0 Å². The standard InChI is InChI=1S/C12H20O4S/c1-16-11(13)8-12(6-7-12)9-17(14,15)10-4-2-3-5-10/h10H,2-9H2,1H3. The molecule has 0 bridgehead atoms. The Bertz CT molecular complexity index is 389. The Morgan fingerprint density at radius 1 is 1.29 bits per heavy atom. The fourth-order valence-electron chi connectivity index (χ4n) is 2.72. The van der Waals surface area contributed by atoms with Crippen LogP contribution < -0.4 is 0 Å². The molecular formula is C12H20O4S. The molecule has 0 aromatic carbocycles. The molecule has 2 aliphatic rings. The first-order chi connectivity index (χ1) is 7.97. The van der Waals surface area contributed by atoms with Crippen molar-refractivity contribution in [2.24, 2.45) is 5.41 Å². The van der Waals surface area contributed by atoms with Gasteiger partial charge in [-0.05, 0) is 31.1 Å². The molecule has 0 aliphatic heterocycles. The number of sulfone groups is 1. The number of carbonyl (C=O) groups excluding carboxylic acids is 1. The molecule has 2 aliphatic carbocycles. The number of hydrogen-bond donors (Lipinski definition) is 0. The van der Waals surface area contributed by atoms with Gasteiger partial charge in [0, 0.05) is 0 Å². The Labute approximate surface area is 103 Å². The summed E-state index contributed by atoms with van der Waals surface area (Å²) in [7, 11) is -1.67. The predicted molar refractivity (Wildman–Crippen MR) is 64.3 cm³/mol. The third-order valence-electron chi connectivity index (χ3n) is 4.02. The second kappa shape index (κ2) is 4.59. The van der Waals surface area contributed by atoms with Gasteiger partial charge in [0.25, 0.3) is 0 Å². The molecule has 0 radical (unpaired) electrons. The summed E-state index contributed by atoms with van der Waals surface area (Å²) in [6.45, 7) is 0. The lowest BCUT2D eigenvalue weighted by molar-refractivity contribution is -0.141. The monoisotopic (exact) mass is 260 g/mol. The zero-order chi connectivity index (χ0) is 12.5. The van der Waals surface area contributed by atoms with E-state index in [0.29, 0.717) is 0 Å². The van der Waals surface area contributed by atoms with Crippen LogP contribution in [0.25, 0.3) is 0 Å². The summed E-state index contributed by atoms with van der Waals surface area (Å²) in [4.78, 5) is 11.3. The van der Waals surface area contributed by atoms with Gasteiger partial charge in [0.2, 0.25) is 0 Å². The molecule has 98 valence electrons. The van der Waals surface area contributed by atoms with E-state index >= 15 is 0 Å². The Balaban J connectivity index is 1.98. The molecule has 0 aromatic heterocycles. The fourth-order valence-corrected chi connectivity index (χ4v) is 5.25. The molecular weight excluding hydrogens is 240 g/mol. The maximum absolute atomic E-state index is 12.2. The molecule has 17 heavy (non-hydrogen) atoms. The van der Waals surface area contributed by atoms with Crippen molar-refractivity contribution in [2.45, 2.75) is 50.2 Å². The third-order valence-corrected chi connectivity index (χ3v) is 6.52. The van der Waals surface area contributed by atoms with Crippen LogP contribution in [0, 0.1) is 5.41 Å². The van der Waals surface area contributed by atoms with Crippen molar-refractivity contribution >= 4 is 15.8 Å². The minimum atomic E-state index is -3.02. The second-order valence-electron chi connectivity index (χ2n) is 5.47. The van der Waals surface area contributed by atoms with Crippen LogP contribution in [0.4, 0.5) is 0 Å². The van der Waals surface area contributed by atoms with Gasteiger partial charge in [-0.2, -0.15) is 0 Å². The number of methoxy groups -OCH3 is 1. The molecule has 4 nitrogen and oxygen atoms in total. The van der Waals surface area contributed by atoms with Gasteiger partial charge in [-0.3, -0.25) is 4.79 Å². The zero-order valence-electron chi connectivity index (χ0n) is 10.3. The summed E-state index contributed by atoms with van der Waals surface area (Å²) in [5, 5.41) is -0.155. The third kappa shape index (κ3) is 3.00. The van der Waals surface area contributed by atoms with Crippen LogP contribution in [0.15, 0.2) is 0 Å². The minimum absolute atomic E-state index is 0.155. The topological polar surface area (TPSA) is 60.4 Å². The van der Waals surface area contributed by atoms with Crippen LogP contribution in [-0.4, -0.2) is 32.5 Å². The van der Waals surface area contributed by atoms with Gasteiger partial charge in [0.05, 0.1) is 24.5 Å². The summed E-state index contributed by atoms with van der Waals surface area (Å²) in [6.07, 6.45) is 5.59. The van der Waals surface area contributed by atoms with E-state index in [1.165, 1.54) is 7.11 Å². The zero-order valence-corrected chi connectivity index (χ0v) is 11.1. The lowest BCUT2D eigenvalue weighted by atomic mass is 10.1. The van der Waals surface area contributed by atoms with Gasteiger partial charge < -0.3 is 4.74 Å². The van der Waals surface area contributed by atoms with Crippen LogP contribution >= 0.6 is 0 Å². The molecule has 0 spiro atoms. The average Bonchev–Trinajstić information content (AvgIpc) is 2.83. The Kier molecular flexibility index (Phi) is 3.48. The smallest absolute Gasteiger partial charge is 0.306 e. The first-order valence-corrected chi connectivity index (χ1v) is 7.97. The number of hydrogen-bond acceptors (Lipinski definition) is 4. The van der Waals surface area contributed by atoms with Crippen LogP contribution in [0.5, 0.6) is 0 Å². The maximum Gasteiger partial charge on any atom is 0.306 e. The van der Waals surface area contributed by atoms with E-state index in [1.807, 2.05) is 0 Å². The van der Waals surface area contributed by atoms with Gasteiger partial charge in [-0.25, -0.2) is 8.42 Å². The van der Waals surface area contributed by atoms with Gasteiger partial charge in [-0.1, -0.05) is 12.8 Å². The van der Waals surface area contributed by atoms with Gasteiger partial charge >= 0.3 is 5.97 Å². The molecule has 0 saturated heterocycles. The van der Waals surface area contributed by atoms with Crippen molar-refractivity contribution in [3.05, 3.63) is 0 Å². The summed E-state index contributed by atoms with van der Waals surface area (Å²) in [5.74, 6) is -0.108. The molecule has 0 heterocycles. The van der Waals surface area contributed by atoms with Crippen molar-refractivity contribution < 1.29 is 17.9 Å². The molecule has 0 amide bonds. The van der Waals surface area contributed by atoms with E-state index < -0.39 is 9.84 Å². The van der Waals surface area contributed by atoms with Crippen molar-refractivity contribution in [2.75, 3.05) is 12.9 Å². The molecule has 2 fully saturated rings. The average molecular weight is 260 g/mol. The van der Waals surface area contributed by atoms with E-state index in [-0.39, 0.29) is 28.8 Å². The predicted octanol–water partition coefficient (Wildman–Crippen LogP) is 1.69. The second-order valence-corrected chi connectivity index (χ2v) is 7.75. The highest BCUT2D eigenvalue weighted by Gasteiger charge is 2.49. The van der Waals surface area contributed by atoms with Crippen molar-refractivity contribution in [1.82, 2.24) is 0 Å². The highest BCUT2D eigenvalue weighted by atomic mass is 32.2. The van der Waals surface area contributed by atoms with Crippen molar-refractivity contribution in [1.29, 1.82) is 0 Å². The van der Waals surface area contributed by atoms with Crippen LogP contribution in [0.3, 0.4) is 0 Å². The largest absolute Gasteiger partial charge is 0.469 e. The van der Waals surface area contributed by atoms with E-state index in [9.17, 15) is 13.2 Å². The number of ether oxygens (including phenoxy) is 1. The normalized spacial score (nSPS) is 23.6. The van der Waals surface area contributed by atoms with Crippen LogP contribution in [-0.2, 0) is 19.4 Å². The number of rotatable bonds is 5. The highest BCUT2D eigenvalue weighted by molar-refractivity contribution is 7.92. The Morgan fingerprint density at radius 2 is 1.88 bits per heavy atom. The lowest BCUT2D eigenvalue weighted by Crippen LogP contribution is -2.28. The minimum Gasteiger partial charge on any atom is -0.469 e. The quantitative estimate of drug-likeness (QED) is 0.706. The molecule has 0 N–H and O–H groups in total. The van der Waals surface area contributed by atoms with Crippen LogP contribution in [0.1, 0.15) is 44.9 Å². The van der Waals surface area contributed by atoms with Crippen molar-refractivity contribution in [3.8, 4) is 0 Å². The summed E-state index contributed by atoms with van der Waals surface area (Å²) in [6, 6.07) is 0. The molecule has 0 aromatic rings. The highest BCUT2D eigenvalue weighted by Crippen LogP contribution is 2.51. The molecule has 5 heteroatoms. The van der Waals surface area contributed by atoms with Crippen molar-refractivity contribution in [3.63, 3.8) is 0 Å². The summed E-state index contributed by atoms with van der Waals surface area (Å²) < 4.78 is 29.0. The summed E-state index contributed by atoms with van der Waals surface area (Å²) in [5.41, 5.74) is -0.297. The first-order valence-electron chi connectivity index (χ1n) is 6.26.